The molecule has 142 valence electrons. The zero-order valence-electron chi connectivity index (χ0n) is 14.6. The van der Waals surface area contributed by atoms with Crippen molar-refractivity contribution in [2.75, 3.05) is 6.54 Å². The summed E-state index contributed by atoms with van der Waals surface area (Å²) in [5, 5.41) is 6.02. The third-order valence-corrected chi connectivity index (χ3v) is 4.70. The molecule has 3 rings (SSSR count). The van der Waals surface area contributed by atoms with Gasteiger partial charge in [-0.15, -0.1) is 11.3 Å². The Labute approximate surface area is 159 Å². The minimum absolute atomic E-state index is 0.124. The lowest BCUT2D eigenvalue weighted by Gasteiger charge is -2.05. The molecule has 2 heterocycles. The summed E-state index contributed by atoms with van der Waals surface area (Å²) in [4.78, 5) is 5.45. The van der Waals surface area contributed by atoms with Crippen LogP contribution in [0.25, 0.3) is 22.4 Å². The highest BCUT2D eigenvalue weighted by Crippen LogP contribution is 2.27. The fourth-order valence-electron chi connectivity index (χ4n) is 2.54. The van der Waals surface area contributed by atoms with Gasteiger partial charge in [-0.25, -0.2) is 0 Å². The molecular weight excluding hydrogens is 372 g/mol. The molecule has 8 heteroatoms. The molecule has 1 aromatic carbocycles. The summed E-state index contributed by atoms with van der Waals surface area (Å²) in [5.74, 6) is 1.15. The number of rotatable bonds is 9. The van der Waals surface area contributed by atoms with Crippen LogP contribution in [0.2, 0.25) is 0 Å². The van der Waals surface area contributed by atoms with E-state index in [0.717, 1.165) is 41.8 Å². The molecule has 0 saturated heterocycles. The lowest BCUT2D eigenvalue weighted by Crippen LogP contribution is -2.50. The minimum Gasteiger partial charge on any atom is -0.435 e. The third kappa shape index (κ3) is 5.45. The highest BCUT2D eigenvalue weighted by atomic mass is 32.1. The Kier molecular flexibility index (Phi) is 6.67. The molecule has 0 saturated carbocycles. The van der Waals surface area contributed by atoms with Gasteiger partial charge in [0, 0.05) is 5.57 Å². The summed E-state index contributed by atoms with van der Waals surface area (Å²) in [6.45, 7) is -1.98. The van der Waals surface area contributed by atoms with Gasteiger partial charge in [0.1, 0.15) is 5.75 Å². The second-order valence-corrected chi connectivity index (χ2v) is 6.78. The maximum Gasteiger partial charge on any atom is 0.387 e. The molecule has 0 fully saturated rings. The Morgan fingerprint density at radius 2 is 2.04 bits per heavy atom. The smallest absolute Gasteiger partial charge is 0.387 e. The van der Waals surface area contributed by atoms with Gasteiger partial charge in [-0.1, -0.05) is 23.4 Å². The molecular formula is C19H20F2N3O2S+. The van der Waals surface area contributed by atoms with Crippen LogP contribution in [0.5, 0.6) is 5.75 Å². The fourth-order valence-corrected chi connectivity index (χ4v) is 3.19. The number of allylic oxidation sites excluding steroid dienone is 1. The lowest BCUT2D eigenvalue weighted by molar-refractivity contribution is -0.368. The fraction of sp³-hybridized carbons (Fsp3) is 0.263. The molecule has 0 aliphatic heterocycles. The molecule has 0 spiro atoms. The number of hydrogen-bond donors (Lipinski definition) is 1. The van der Waals surface area contributed by atoms with Crippen molar-refractivity contribution in [2.24, 2.45) is 0 Å². The van der Waals surface area contributed by atoms with E-state index in [0.29, 0.717) is 11.7 Å². The normalized spacial score (nSPS) is 11.9. The minimum atomic E-state index is -2.83. The molecule has 27 heavy (non-hydrogen) atoms. The predicted octanol–water partition coefficient (Wildman–Crippen LogP) is 4.35. The standard InChI is InChI=1S/C19H19F2N3O2S/c20-19(21)25-15-8-6-13(7-9-15)12-14(4-1-2-10-22)18-23-17(24-26-18)16-5-3-11-27-16/h3,5-9,11-12,19H,1-2,4,10,22H2/p+1/b14-12+. The first-order chi connectivity index (χ1) is 13.2. The van der Waals surface area contributed by atoms with E-state index in [1.54, 1.807) is 23.5 Å². The van der Waals surface area contributed by atoms with Gasteiger partial charge in [-0.2, -0.15) is 13.8 Å². The summed E-state index contributed by atoms with van der Waals surface area (Å²) in [6.07, 6.45) is 4.63. The Morgan fingerprint density at radius 3 is 2.70 bits per heavy atom. The highest BCUT2D eigenvalue weighted by molar-refractivity contribution is 7.13. The SMILES string of the molecule is [NH3+]CCCC/C(=C\c1ccc(OC(F)F)cc1)c1nc(-c2cccs2)no1. The van der Waals surface area contributed by atoms with Gasteiger partial charge < -0.3 is 15.0 Å². The Hall–Kier alpha value is -2.58. The van der Waals surface area contributed by atoms with Crippen molar-refractivity contribution >= 4 is 23.0 Å². The number of benzene rings is 1. The van der Waals surface area contributed by atoms with E-state index >= 15 is 0 Å². The van der Waals surface area contributed by atoms with Crippen LogP contribution in [0.1, 0.15) is 30.7 Å². The van der Waals surface area contributed by atoms with Crippen LogP contribution < -0.4 is 10.5 Å². The van der Waals surface area contributed by atoms with Gasteiger partial charge in [-0.3, -0.25) is 0 Å². The maximum atomic E-state index is 12.3. The molecule has 0 unspecified atom stereocenters. The summed E-state index contributed by atoms with van der Waals surface area (Å²) in [6, 6.07) is 10.3. The average Bonchev–Trinajstić information content (AvgIpc) is 3.33. The molecule has 3 N–H and O–H groups in total. The molecule has 0 radical (unpaired) electrons. The molecule has 0 amide bonds. The van der Waals surface area contributed by atoms with E-state index in [4.69, 9.17) is 4.52 Å². The van der Waals surface area contributed by atoms with Crippen molar-refractivity contribution in [1.29, 1.82) is 0 Å². The molecule has 3 aromatic rings. The maximum absolute atomic E-state index is 12.3. The van der Waals surface area contributed by atoms with Crippen LogP contribution in [0.3, 0.4) is 0 Å². The van der Waals surface area contributed by atoms with Crippen molar-refractivity contribution in [3.63, 3.8) is 0 Å². The second kappa shape index (κ2) is 9.38. The topological polar surface area (TPSA) is 75.8 Å². The van der Waals surface area contributed by atoms with Gasteiger partial charge in [0.15, 0.2) is 0 Å². The van der Waals surface area contributed by atoms with Crippen LogP contribution in [0.15, 0.2) is 46.3 Å². The number of thiophene rings is 1. The largest absolute Gasteiger partial charge is 0.435 e. The average molecular weight is 392 g/mol. The Bertz CT molecular complexity index is 861. The number of quaternary nitrogens is 1. The Balaban J connectivity index is 1.83. The quantitative estimate of drug-likeness (QED) is 0.549. The zero-order chi connectivity index (χ0) is 19.1. The number of halogens is 2. The van der Waals surface area contributed by atoms with E-state index in [1.807, 2.05) is 23.6 Å². The molecule has 5 nitrogen and oxygen atoms in total. The number of nitrogens with zero attached hydrogens (tertiary/aromatic N) is 2. The monoisotopic (exact) mass is 392 g/mol. The zero-order valence-corrected chi connectivity index (χ0v) is 15.4. The molecule has 0 aliphatic carbocycles. The lowest BCUT2D eigenvalue weighted by atomic mass is 10.0. The van der Waals surface area contributed by atoms with Crippen LogP contribution in [-0.4, -0.2) is 23.3 Å². The van der Waals surface area contributed by atoms with E-state index in [-0.39, 0.29) is 5.75 Å². The second-order valence-electron chi connectivity index (χ2n) is 5.83. The van der Waals surface area contributed by atoms with Crippen molar-refractivity contribution in [3.05, 3.63) is 53.2 Å². The van der Waals surface area contributed by atoms with Crippen LogP contribution in [-0.2, 0) is 0 Å². The van der Waals surface area contributed by atoms with Crippen molar-refractivity contribution in [2.45, 2.75) is 25.9 Å². The van der Waals surface area contributed by atoms with E-state index < -0.39 is 6.61 Å². The first-order valence-electron chi connectivity index (χ1n) is 8.58. The number of unbranched alkanes of at least 4 members (excludes halogenated alkanes) is 1. The number of ether oxygens (including phenoxy) is 1. The summed E-state index contributed by atoms with van der Waals surface area (Å²) in [7, 11) is 0. The van der Waals surface area contributed by atoms with E-state index in [2.05, 4.69) is 20.6 Å². The van der Waals surface area contributed by atoms with E-state index in [1.165, 1.54) is 12.1 Å². The van der Waals surface area contributed by atoms with E-state index in [9.17, 15) is 8.78 Å². The number of alkyl halides is 2. The molecule has 0 atom stereocenters. The van der Waals surface area contributed by atoms with Gasteiger partial charge in [-0.05, 0) is 54.5 Å². The summed E-state index contributed by atoms with van der Waals surface area (Å²) >= 11 is 1.55. The third-order valence-electron chi connectivity index (χ3n) is 3.83. The van der Waals surface area contributed by atoms with Gasteiger partial charge in [0.2, 0.25) is 5.82 Å². The van der Waals surface area contributed by atoms with Gasteiger partial charge in [0.05, 0.1) is 11.4 Å². The first-order valence-corrected chi connectivity index (χ1v) is 9.46. The highest BCUT2D eigenvalue weighted by Gasteiger charge is 2.14. The van der Waals surface area contributed by atoms with Crippen molar-refractivity contribution in [1.82, 2.24) is 10.1 Å². The summed E-state index contributed by atoms with van der Waals surface area (Å²) in [5.41, 5.74) is 5.61. The Morgan fingerprint density at radius 1 is 1.22 bits per heavy atom. The first kappa shape index (κ1) is 19.2. The van der Waals surface area contributed by atoms with Crippen molar-refractivity contribution in [3.8, 4) is 16.5 Å². The number of hydrogen-bond acceptors (Lipinski definition) is 5. The van der Waals surface area contributed by atoms with Crippen LogP contribution >= 0.6 is 11.3 Å². The molecule has 0 bridgehead atoms. The number of aromatic nitrogens is 2. The van der Waals surface area contributed by atoms with Crippen LogP contribution in [0.4, 0.5) is 8.78 Å². The predicted molar refractivity (Wildman–Crippen MR) is 100 cm³/mol. The summed E-state index contributed by atoms with van der Waals surface area (Å²) < 4.78 is 34.4. The van der Waals surface area contributed by atoms with Crippen LogP contribution in [0, 0.1) is 0 Å². The molecule has 0 aliphatic rings. The van der Waals surface area contributed by atoms with Gasteiger partial charge >= 0.3 is 6.61 Å². The van der Waals surface area contributed by atoms with Gasteiger partial charge in [0.25, 0.3) is 5.89 Å². The molecule has 2 aromatic heterocycles. The van der Waals surface area contributed by atoms with Crippen molar-refractivity contribution < 1.29 is 23.8 Å².